The molecule has 0 radical (unpaired) electrons. The Morgan fingerprint density at radius 3 is 2.71 bits per heavy atom. The number of halogens is 2. The molecular weight excluding hydrogens is 390 g/mol. The van der Waals surface area contributed by atoms with Crippen LogP contribution >= 0.6 is 22.6 Å². The smallest absolute Gasteiger partial charge is 0.338 e. The van der Waals surface area contributed by atoms with Crippen LogP contribution in [0.4, 0.5) is 10.1 Å². The SMILES string of the molecule is Cc1cc(C(=O)ONc2ccc(I)cc2F)cn(C)c1=O. The monoisotopic (exact) mass is 402 g/mol. The number of benzene rings is 1. The van der Waals surface area contributed by atoms with Crippen molar-refractivity contribution in [2.45, 2.75) is 6.92 Å². The minimum absolute atomic E-state index is 0.0605. The minimum atomic E-state index is -0.702. The summed E-state index contributed by atoms with van der Waals surface area (Å²) in [6.45, 7) is 1.60. The van der Waals surface area contributed by atoms with Crippen LogP contribution in [0.25, 0.3) is 0 Å². The van der Waals surface area contributed by atoms with Gasteiger partial charge in [-0.15, -0.1) is 0 Å². The van der Waals surface area contributed by atoms with Crippen molar-refractivity contribution >= 4 is 34.2 Å². The van der Waals surface area contributed by atoms with E-state index in [1.54, 1.807) is 20.0 Å². The molecule has 2 aromatic rings. The topological polar surface area (TPSA) is 60.3 Å². The van der Waals surface area contributed by atoms with E-state index in [0.717, 1.165) is 3.57 Å². The molecule has 1 aromatic heterocycles. The highest BCUT2D eigenvalue weighted by Gasteiger charge is 2.12. The predicted octanol–water partition coefficient (Wildman–Crippen LogP) is 2.62. The molecule has 0 unspecified atom stereocenters. The van der Waals surface area contributed by atoms with Gasteiger partial charge in [0.05, 0.1) is 5.56 Å². The van der Waals surface area contributed by atoms with E-state index >= 15 is 0 Å². The Morgan fingerprint density at radius 1 is 1.38 bits per heavy atom. The normalized spacial score (nSPS) is 10.3. The molecule has 0 aliphatic heterocycles. The average molecular weight is 402 g/mol. The molecule has 0 saturated carbocycles. The zero-order valence-electron chi connectivity index (χ0n) is 11.3. The van der Waals surface area contributed by atoms with E-state index in [9.17, 15) is 14.0 Å². The molecule has 1 aromatic carbocycles. The third-order valence-electron chi connectivity index (χ3n) is 2.78. The molecule has 5 nitrogen and oxygen atoms in total. The maximum Gasteiger partial charge on any atom is 0.364 e. The molecule has 110 valence electrons. The van der Waals surface area contributed by atoms with Gasteiger partial charge in [0.1, 0.15) is 5.69 Å². The molecule has 0 atom stereocenters. The van der Waals surface area contributed by atoms with Crippen molar-refractivity contribution in [2.75, 3.05) is 5.48 Å². The Hall–Kier alpha value is -1.90. The summed E-state index contributed by atoms with van der Waals surface area (Å²) in [7, 11) is 1.54. The molecule has 0 saturated heterocycles. The van der Waals surface area contributed by atoms with Crippen LogP contribution in [0, 0.1) is 16.3 Å². The van der Waals surface area contributed by atoms with E-state index in [1.807, 2.05) is 22.6 Å². The van der Waals surface area contributed by atoms with Gasteiger partial charge in [-0.05, 0) is 53.8 Å². The largest absolute Gasteiger partial charge is 0.364 e. The number of rotatable bonds is 3. The lowest BCUT2D eigenvalue weighted by Crippen LogP contribution is -2.21. The first-order chi connectivity index (χ1) is 9.88. The van der Waals surface area contributed by atoms with Gasteiger partial charge in [0.15, 0.2) is 5.82 Å². The number of aryl methyl sites for hydroxylation is 2. The van der Waals surface area contributed by atoms with Crippen LogP contribution in [-0.2, 0) is 11.9 Å². The summed E-state index contributed by atoms with van der Waals surface area (Å²) in [6.07, 6.45) is 1.36. The number of carbonyl (C=O) groups excluding carboxylic acids is 1. The Kier molecular flexibility index (Phi) is 4.61. The van der Waals surface area contributed by atoms with Gasteiger partial charge in [-0.25, -0.2) is 14.7 Å². The molecule has 7 heteroatoms. The summed E-state index contributed by atoms with van der Waals surface area (Å²) in [4.78, 5) is 28.3. The molecule has 0 fully saturated rings. The molecule has 1 N–H and O–H groups in total. The summed E-state index contributed by atoms with van der Waals surface area (Å²) < 4.78 is 15.6. The van der Waals surface area contributed by atoms with Gasteiger partial charge in [-0.3, -0.25) is 4.79 Å². The second kappa shape index (κ2) is 6.25. The Bertz CT molecular complexity index is 732. The van der Waals surface area contributed by atoms with E-state index in [0.29, 0.717) is 5.56 Å². The van der Waals surface area contributed by atoms with Crippen LogP contribution in [0.1, 0.15) is 15.9 Å². The van der Waals surface area contributed by atoms with Crippen LogP contribution in [0.3, 0.4) is 0 Å². The summed E-state index contributed by atoms with van der Waals surface area (Å²) in [5.74, 6) is -1.22. The van der Waals surface area contributed by atoms with Gasteiger partial charge in [-0.2, -0.15) is 0 Å². The average Bonchev–Trinajstić information content (AvgIpc) is 2.43. The number of nitrogens with zero attached hydrogens (tertiary/aromatic N) is 1. The van der Waals surface area contributed by atoms with Gasteiger partial charge in [0.25, 0.3) is 5.56 Å². The molecule has 0 aliphatic rings. The Morgan fingerprint density at radius 2 is 2.10 bits per heavy atom. The third kappa shape index (κ3) is 3.60. The van der Waals surface area contributed by atoms with Gasteiger partial charge < -0.3 is 9.40 Å². The molecule has 2 rings (SSSR count). The highest BCUT2D eigenvalue weighted by Crippen LogP contribution is 2.17. The molecule has 21 heavy (non-hydrogen) atoms. The van der Waals surface area contributed by atoms with Crippen molar-refractivity contribution in [3.05, 3.63) is 61.3 Å². The van der Waals surface area contributed by atoms with Crippen molar-refractivity contribution in [3.63, 3.8) is 0 Å². The first kappa shape index (κ1) is 15.5. The van der Waals surface area contributed by atoms with Gasteiger partial charge in [0, 0.05) is 22.4 Å². The number of aromatic nitrogens is 1. The van der Waals surface area contributed by atoms with E-state index in [4.69, 9.17) is 4.84 Å². The van der Waals surface area contributed by atoms with Crippen molar-refractivity contribution in [2.24, 2.45) is 7.05 Å². The van der Waals surface area contributed by atoms with Crippen molar-refractivity contribution in [3.8, 4) is 0 Å². The predicted molar refractivity (Wildman–Crippen MR) is 84.6 cm³/mol. The molecule has 1 heterocycles. The van der Waals surface area contributed by atoms with E-state index in [2.05, 4.69) is 5.48 Å². The zero-order chi connectivity index (χ0) is 15.6. The Balaban J connectivity index is 2.13. The maximum atomic E-state index is 13.6. The fourth-order valence-corrected chi connectivity index (χ4v) is 2.18. The standard InChI is InChI=1S/C14H12FIN2O3/c1-8-5-9(7-18(2)13(8)19)14(20)21-17-12-4-3-10(16)6-11(12)15/h3-7,17H,1-2H3. The summed E-state index contributed by atoms with van der Waals surface area (Å²) in [5.41, 5.74) is 2.77. The number of nitrogens with one attached hydrogen (secondary N) is 1. The molecule has 0 aliphatic carbocycles. The molecule has 0 bridgehead atoms. The van der Waals surface area contributed by atoms with Crippen molar-refractivity contribution in [1.82, 2.24) is 4.57 Å². The number of hydrogen-bond donors (Lipinski definition) is 1. The van der Waals surface area contributed by atoms with Crippen molar-refractivity contribution < 1.29 is 14.0 Å². The quantitative estimate of drug-likeness (QED) is 0.634. The molecular formula is C14H12FIN2O3. The third-order valence-corrected chi connectivity index (χ3v) is 3.45. The van der Waals surface area contributed by atoms with Gasteiger partial charge >= 0.3 is 5.97 Å². The fraction of sp³-hybridized carbons (Fsp3) is 0.143. The van der Waals surface area contributed by atoms with Crippen LogP contribution in [0.5, 0.6) is 0 Å². The summed E-state index contributed by atoms with van der Waals surface area (Å²) >= 11 is 1.98. The number of hydrogen-bond acceptors (Lipinski definition) is 4. The van der Waals surface area contributed by atoms with E-state index in [1.165, 1.54) is 29.0 Å². The first-order valence-electron chi connectivity index (χ1n) is 5.98. The lowest BCUT2D eigenvalue weighted by molar-refractivity contribution is 0.0594. The first-order valence-corrected chi connectivity index (χ1v) is 7.06. The van der Waals surface area contributed by atoms with E-state index < -0.39 is 11.8 Å². The second-order valence-corrected chi connectivity index (χ2v) is 5.69. The van der Waals surface area contributed by atoms with Crippen molar-refractivity contribution in [1.29, 1.82) is 0 Å². The molecule has 0 amide bonds. The number of pyridine rings is 1. The summed E-state index contributed by atoms with van der Waals surface area (Å²) in [5, 5.41) is 0. The highest BCUT2D eigenvalue weighted by molar-refractivity contribution is 14.1. The minimum Gasteiger partial charge on any atom is -0.338 e. The second-order valence-electron chi connectivity index (χ2n) is 4.44. The number of carbonyl (C=O) groups is 1. The maximum absolute atomic E-state index is 13.6. The van der Waals surface area contributed by atoms with Gasteiger partial charge in [-0.1, -0.05) is 0 Å². The molecule has 0 spiro atoms. The van der Waals surface area contributed by atoms with Crippen LogP contribution in [0.15, 0.2) is 35.3 Å². The van der Waals surface area contributed by atoms with Crippen LogP contribution in [-0.4, -0.2) is 10.5 Å². The van der Waals surface area contributed by atoms with Crippen LogP contribution in [0.2, 0.25) is 0 Å². The fourth-order valence-electron chi connectivity index (χ4n) is 1.72. The lowest BCUT2D eigenvalue weighted by Gasteiger charge is -2.09. The number of anilines is 1. The summed E-state index contributed by atoms with van der Waals surface area (Å²) in [6, 6.07) is 5.89. The Labute approximate surface area is 133 Å². The van der Waals surface area contributed by atoms with Crippen LogP contribution < -0.4 is 11.0 Å². The zero-order valence-corrected chi connectivity index (χ0v) is 13.5. The van der Waals surface area contributed by atoms with E-state index in [-0.39, 0.29) is 16.8 Å². The lowest BCUT2D eigenvalue weighted by atomic mass is 10.2. The highest BCUT2D eigenvalue weighted by atomic mass is 127. The van der Waals surface area contributed by atoms with Gasteiger partial charge in [0.2, 0.25) is 0 Å².